The Bertz CT molecular complexity index is 1130. The normalized spacial score (nSPS) is 15.2. The average molecular weight is 443 g/mol. The quantitative estimate of drug-likeness (QED) is 0.366. The third kappa shape index (κ3) is 4.77. The van der Waals surface area contributed by atoms with Crippen LogP contribution in [0.15, 0.2) is 85.2 Å². The number of likely N-dealkylation sites (tertiary alicyclic amines) is 1. The molecule has 32 heavy (non-hydrogen) atoms. The van der Waals surface area contributed by atoms with Gasteiger partial charge in [-0.05, 0) is 68.2 Å². The second kappa shape index (κ2) is 9.68. The van der Waals surface area contributed by atoms with Crippen molar-refractivity contribution in [1.82, 2.24) is 19.7 Å². The minimum absolute atomic E-state index is 0.483. The summed E-state index contributed by atoms with van der Waals surface area (Å²) in [5, 5.41) is 5.71. The molecule has 0 saturated carbocycles. The van der Waals surface area contributed by atoms with Gasteiger partial charge in [-0.3, -0.25) is 4.98 Å². The summed E-state index contributed by atoms with van der Waals surface area (Å²) in [7, 11) is 0. The van der Waals surface area contributed by atoms with Gasteiger partial charge in [0.1, 0.15) is 0 Å². The smallest absolute Gasteiger partial charge is 0.0930 e. The van der Waals surface area contributed by atoms with Gasteiger partial charge in [-0.1, -0.05) is 54.1 Å². The van der Waals surface area contributed by atoms with Gasteiger partial charge in [0.05, 0.1) is 17.6 Å². The largest absolute Gasteiger partial charge is 0.303 e. The minimum Gasteiger partial charge on any atom is -0.303 e. The van der Waals surface area contributed by atoms with Crippen molar-refractivity contribution >= 4 is 11.6 Å². The predicted octanol–water partition coefficient (Wildman–Crippen LogP) is 6.01. The van der Waals surface area contributed by atoms with Crippen LogP contribution in [-0.2, 0) is 6.42 Å². The summed E-state index contributed by atoms with van der Waals surface area (Å²) in [6.45, 7) is 3.35. The van der Waals surface area contributed by atoms with E-state index in [1.807, 2.05) is 36.5 Å². The van der Waals surface area contributed by atoms with Crippen molar-refractivity contribution in [3.8, 4) is 16.9 Å². The fourth-order valence-corrected chi connectivity index (χ4v) is 4.64. The zero-order valence-corrected chi connectivity index (χ0v) is 18.8. The van der Waals surface area contributed by atoms with Crippen molar-refractivity contribution in [3.05, 3.63) is 101 Å². The van der Waals surface area contributed by atoms with Crippen LogP contribution in [-0.4, -0.2) is 39.3 Å². The highest BCUT2D eigenvalue weighted by molar-refractivity contribution is 6.30. The Morgan fingerprint density at radius 3 is 2.41 bits per heavy atom. The van der Waals surface area contributed by atoms with Gasteiger partial charge in [-0.15, -0.1) is 0 Å². The van der Waals surface area contributed by atoms with Gasteiger partial charge in [-0.25, -0.2) is 4.68 Å². The van der Waals surface area contributed by atoms with Crippen molar-refractivity contribution in [3.63, 3.8) is 0 Å². The van der Waals surface area contributed by atoms with Crippen LogP contribution < -0.4 is 0 Å². The molecule has 162 valence electrons. The molecule has 0 bridgehead atoms. The van der Waals surface area contributed by atoms with Crippen molar-refractivity contribution < 1.29 is 0 Å². The maximum absolute atomic E-state index is 6.09. The SMILES string of the molecule is Clc1ccc(-c2cc(C3CCN(CCc4ccccc4)CC3)n(-c3cccnc3)n2)cc1. The number of halogens is 1. The summed E-state index contributed by atoms with van der Waals surface area (Å²) in [6.07, 6.45) is 7.08. The molecule has 1 aliphatic heterocycles. The molecular formula is C27H27ClN4. The first-order valence-corrected chi connectivity index (χ1v) is 11.7. The molecule has 4 aromatic rings. The molecule has 1 aliphatic rings. The van der Waals surface area contributed by atoms with Gasteiger partial charge in [0.25, 0.3) is 0 Å². The molecule has 5 heteroatoms. The van der Waals surface area contributed by atoms with E-state index >= 15 is 0 Å². The predicted molar refractivity (Wildman–Crippen MR) is 130 cm³/mol. The Labute approximate surface area is 194 Å². The van der Waals surface area contributed by atoms with E-state index in [0.29, 0.717) is 5.92 Å². The van der Waals surface area contributed by atoms with E-state index in [2.05, 4.69) is 57.0 Å². The van der Waals surface area contributed by atoms with Crippen LogP contribution in [0.2, 0.25) is 5.02 Å². The van der Waals surface area contributed by atoms with E-state index in [-0.39, 0.29) is 0 Å². The summed E-state index contributed by atoms with van der Waals surface area (Å²) >= 11 is 6.09. The molecule has 3 heterocycles. The number of hydrogen-bond acceptors (Lipinski definition) is 3. The van der Waals surface area contributed by atoms with Gasteiger partial charge >= 0.3 is 0 Å². The van der Waals surface area contributed by atoms with E-state index in [0.717, 1.165) is 60.9 Å². The molecule has 1 fully saturated rings. The second-order valence-corrected chi connectivity index (χ2v) is 8.87. The Hall–Kier alpha value is -2.95. The number of piperidine rings is 1. The molecule has 0 amide bonds. The van der Waals surface area contributed by atoms with E-state index in [1.54, 1.807) is 6.20 Å². The lowest BCUT2D eigenvalue weighted by Crippen LogP contribution is -2.35. The lowest BCUT2D eigenvalue weighted by molar-refractivity contribution is 0.212. The van der Waals surface area contributed by atoms with Crippen LogP contribution in [0.5, 0.6) is 0 Å². The molecule has 0 spiro atoms. The van der Waals surface area contributed by atoms with Gasteiger partial charge in [0.2, 0.25) is 0 Å². The molecule has 0 N–H and O–H groups in total. The topological polar surface area (TPSA) is 34.0 Å². The van der Waals surface area contributed by atoms with E-state index in [4.69, 9.17) is 16.7 Å². The lowest BCUT2D eigenvalue weighted by Gasteiger charge is -2.32. The Morgan fingerprint density at radius 1 is 0.906 bits per heavy atom. The highest BCUT2D eigenvalue weighted by Crippen LogP contribution is 2.33. The third-order valence-corrected chi connectivity index (χ3v) is 6.58. The number of benzene rings is 2. The first-order valence-electron chi connectivity index (χ1n) is 11.3. The van der Waals surface area contributed by atoms with E-state index in [1.165, 1.54) is 11.3 Å². The van der Waals surface area contributed by atoms with Crippen molar-refractivity contribution in [2.24, 2.45) is 0 Å². The average Bonchev–Trinajstić information content (AvgIpc) is 3.30. The first kappa shape index (κ1) is 20.9. The Morgan fingerprint density at radius 2 is 1.69 bits per heavy atom. The van der Waals surface area contributed by atoms with Gasteiger partial charge in [0.15, 0.2) is 0 Å². The third-order valence-electron chi connectivity index (χ3n) is 6.33. The van der Waals surface area contributed by atoms with Crippen LogP contribution in [0.4, 0.5) is 0 Å². The molecule has 2 aromatic heterocycles. The molecule has 2 aromatic carbocycles. The molecular weight excluding hydrogens is 416 g/mol. The molecule has 5 rings (SSSR count). The van der Waals surface area contributed by atoms with Crippen molar-refractivity contribution in [1.29, 1.82) is 0 Å². The molecule has 0 radical (unpaired) electrons. The molecule has 1 saturated heterocycles. The van der Waals surface area contributed by atoms with Gasteiger partial charge in [0, 0.05) is 34.9 Å². The number of hydrogen-bond donors (Lipinski definition) is 0. The summed E-state index contributed by atoms with van der Waals surface area (Å²) in [4.78, 5) is 6.91. The molecule has 0 atom stereocenters. The maximum atomic E-state index is 6.09. The molecule has 4 nitrogen and oxygen atoms in total. The zero-order chi connectivity index (χ0) is 21.8. The molecule has 0 unspecified atom stereocenters. The summed E-state index contributed by atoms with van der Waals surface area (Å²) in [5.41, 5.74) is 5.75. The van der Waals surface area contributed by atoms with Crippen LogP contribution in [0.3, 0.4) is 0 Å². The van der Waals surface area contributed by atoms with Gasteiger partial charge < -0.3 is 4.90 Å². The van der Waals surface area contributed by atoms with Crippen LogP contribution in [0.1, 0.15) is 30.0 Å². The van der Waals surface area contributed by atoms with Crippen LogP contribution >= 0.6 is 11.6 Å². The van der Waals surface area contributed by atoms with Crippen molar-refractivity contribution in [2.45, 2.75) is 25.2 Å². The number of aromatic nitrogens is 3. The van der Waals surface area contributed by atoms with Crippen LogP contribution in [0.25, 0.3) is 16.9 Å². The highest BCUT2D eigenvalue weighted by atomic mass is 35.5. The lowest BCUT2D eigenvalue weighted by atomic mass is 9.92. The fraction of sp³-hybridized carbons (Fsp3) is 0.259. The summed E-state index contributed by atoms with van der Waals surface area (Å²) in [5.74, 6) is 0.483. The molecule has 0 aliphatic carbocycles. The number of rotatable bonds is 6. The van der Waals surface area contributed by atoms with E-state index < -0.39 is 0 Å². The minimum atomic E-state index is 0.483. The number of nitrogens with zero attached hydrogens (tertiary/aromatic N) is 4. The highest BCUT2D eigenvalue weighted by Gasteiger charge is 2.25. The summed E-state index contributed by atoms with van der Waals surface area (Å²) < 4.78 is 2.08. The second-order valence-electron chi connectivity index (χ2n) is 8.44. The Kier molecular flexibility index (Phi) is 6.33. The van der Waals surface area contributed by atoms with Crippen molar-refractivity contribution in [2.75, 3.05) is 19.6 Å². The number of pyridine rings is 1. The monoisotopic (exact) mass is 442 g/mol. The summed E-state index contributed by atoms with van der Waals surface area (Å²) in [6, 6.07) is 25.0. The fourth-order valence-electron chi connectivity index (χ4n) is 4.52. The first-order chi connectivity index (χ1) is 15.8. The zero-order valence-electron chi connectivity index (χ0n) is 18.1. The Balaban J connectivity index is 1.34. The standard InChI is InChI=1S/C27H27ClN4/c28-24-10-8-22(9-11-24)26-19-27(32(30-26)25-7-4-15-29-20-25)23-13-17-31(18-14-23)16-12-21-5-2-1-3-6-21/h1-11,15,19-20,23H,12-14,16-18H2. The maximum Gasteiger partial charge on any atom is 0.0930 e. The van der Waals surface area contributed by atoms with Crippen LogP contribution in [0, 0.1) is 0 Å². The van der Waals surface area contributed by atoms with Gasteiger partial charge in [-0.2, -0.15) is 5.10 Å². The van der Waals surface area contributed by atoms with E-state index in [9.17, 15) is 0 Å².